The van der Waals surface area contributed by atoms with E-state index in [0.717, 1.165) is 22.3 Å². The molecule has 6 nitrogen and oxygen atoms in total. The molecule has 0 aromatic heterocycles. The molecule has 150 valence electrons. The number of amides is 3. The molecule has 3 amide bonds. The summed E-state index contributed by atoms with van der Waals surface area (Å²) in [6, 6.07) is 12.0. The lowest BCUT2D eigenvalue weighted by molar-refractivity contribution is -0.138. The highest BCUT2D eigenvalue weighted by molar-refractivity contribution is 6.35. The molecule has 2 aromatic carbocycles. The average Bonchev–Trinajstić information content (AvgIpc) is 2.93. The van der Waals surface area contributed by atoms with Gasteiger partial charge >= 0.3 is 12.0 Å². The summed E-state index contributed by atoms with van der Waals surface area (Å²) >= 11 is 11.8. The van der Waals surface area contributed by atoms with Crippen LogP contribution in [0.25, 0.3) is 0 Å². The lowest BCUT2D eigenvalue weighted by Gasteiger charge is -2.17. The first-order valence-electron chi connectivity index (χ1n) is 9.00. The van der Waals surface area contributed by atoms with Gasteiger partial charge in [0, 0.05) is 10.0 Å². The second-order valence-corrected chi connectivity index (χ2v) is 7.13. The van der Waals surface area contributed by atoms with Crippen molar-refractivity contribution in [1.82, 2.24) is 0 Å². The predicted molar refractivity (Wildman–Crippen MR) is 112 cm³/mol. The number of imide groups is 1. The van der Waals surface area contributed by atoms with Crippen LogP contribution in [-0.2, 0) is 14.3 Å². The summed E-state index contributed by atoms with van der Waals surface area (Å²) < 4.78 is 5.13. The van der Waals surface area contributed by atoms with E-state index in [0.29, 0.717) is 27.8 Å². The number of carbonyl (C=O) groups excluding carboxylic acids is 3. The Hall–Kier alpha value is -2.83. The highest BCUT2D eigenvalue weighted by Gasteiger charge is 2.43. The minimum atomic E-state index is -0.688. The lowest BCUT2D eigenvalue weighted by Crippen LogP contribution is -2.32. The van der Waals surface area contributed by atoms with Crippen molar-refractivity contribution in [3.05, 3.63) is 70.3 Å². The van der Waals surface area contributed by atoms with Crippen LogP contribution in [0.3, 0.4) is 0 Å². The van der Waals surface area contributed by atoms with Crippen LogP contribution in [0.5, 0.6) is 0 Å². The summed E-state index contributed by atoms with van der Waals surface area (Å²) in [5.74, 6) is -1.33. The van der Waals surface area contributed by atoms with Gasteiger partial charge in [-0.15, -0.1) is 0 Å². The first-order valence-corrected chi connectivity index (χ1v) is 9.76. The van der Waals surface area contributed by atoms with E-state index in [-0.39, 0.29) is 12.3 Å². The third kappa shape index (κ3) is 4.60. The molecular weight excluding hydrogens is 415 g/mol. The van der Waals surface area contributed by atoms with Crippen molar-refractivity contribution in [3.8, 4) is 0 Å². The Morgan fingerprint density at radius 3 is 1.97 bits per heavy atom. The average molecular weight is 433 g/mol. The van der Waals surface area contributed by atoms with Crippen molar-refractivity contribution < 1.29 is 19.1 Å². The van der Waals surface area contributed by atoms with E-state index >= 15 is 0 Å². The van der Waals surface area contributed by atoms with E-state index in [1.165, 1.54) is 0 Å². The molecule has 0 unspecified atom stereocenters. The second kappa shape index (κ2) is 9.11. The monoisotopic (exact) mass is 432 g/mol. The molecule has 0 bridgehead atoms. The molecule has 29 heavy (non-hydrogen) atoms. The molecule has 0 atom stereocenters. The van der Waals surface area contributed by atoms with Gasteiger partial charge in [-0.1, -0.05) is 36.5 Å². The maximum atomic E-state index is 13.1. The number of rotatable bonds is 6. The molecule has 1 fully saturated rings. The summed E-state index contributed by atoms with van der Waals surface area (Å²) in [5.41, 5.74) is 0.636. The van der Waals surface area contributed by atoms with Crippen LogP contribution in [0.15, 0.2) is 60.3 Å². The highest BCUT2D eigenvalue weighted by Crippen LogP contribution is 2.33. The number of carbonyl (C=O) groups is 3. The van der Waals surface area contributed by atoms with Crippen molar-refractivity contribution in [2.45, 2.75) is 19.8 Å². The summed E-state index contributed by atoms with van der Waals surface area (Å²) in [4.78, 5) is 40.5. The number of ether oxygens (including phenoxy) is 1. The van der Waals surface area contributed by atoms with Gasteiger partial charge in [-0.3, -0.25) is 9.69 Å². The van der Waals surface area contributed by atoms with Gasteiger partial charge in [0.15, 0.2) is 0 Å². The van der Waals surface area contributed by atoms with Gasteiger partial charge in [0.25, 0.3) is 5.91 Å². The van der Waals surface area contributed by atoms with Crippen molar-refractivity contribution in [2.24, 2.45) is 0 Å². The van der Waals surface area contributed by atoms with Gasteiger partial charge in [0.1, 0.15) is 5.70 Å². The quantitative estimate of drug-likeness (QED) is 0.272. The highest BCUT2D eigenvalue weighted by atomic mass is 35.5. The van der Waals surface area contributed by atoms with Crippen molar-refractivity contribution in [3.63, 3.8) is 0 Å². The van der Waals surface area contributed by atoms with Crippen molar-refractivity contribution >= 4 is 52.5 Å². The molecular formula is C21H18Cl2N2O4. The third-order valence-corrected chi connectivity index (χ3v) is 4.72. The topological polar surface area (TPSA) is 66.9 Å². The SMILES string of the molecule is CCCCOC(=O)C=C1C(=O)N(c2ccc(Cl)cc2)C(=O)N1c1ccc(Cl)cc1. The Labute approximate surface area is 178 Å². The van der Waals surface area contributed by atoms with Crippen LogP contribution in [-0.4, -0.2) is 24.5 Å². The molecule has 0 spiro atoms. The molecule has 1 aliphatic heterocycles. The van der Waals surface area contributed by atoms with Crippen LogP contribution in [0.1, 0.15) is 19.8 Å². The summed E-state index contributed by atoms with van der Waals surface area (Å²) in [6.07, 6.45) is 2.61. The summed E-state index contributed by atoms with van der Waals surface area (Å²) in [7, 11) is 0. The lowest BCUT2D eigenvalue weighted by atomic mass is 10.2. The number of urea groups is 1. The number of benzene rings is 2. The fourth-order valence-corrected chi connectivity index (χ4v) is 3.01. The summed E-state index contributed by atoms with van der Waals surface area (Å²) in [6.45, 7) is 2.21. The maximum absolute atomic E-state index is 13.1. The molecule has 1 aliphatic rings. The van der Waals surface area contributed by atoms with Crippen molar-refractivity contribution in [1.29, 1.82) is 0 Å². The van der Waals surface area contributed by atoms with Gasteiger partial charge in [-0.2, -0.15) is 0 Å². The molecule has 0 N–H and O–H groups in total. The fourth-order valence-electron chi connectivity index (χ4n) is 2.75. The van der Waals surface area contributed by atoms with E-state index in [1.807, 2.05) is 6.92 Å². The molecule has 2 aromatic rings. The maximum Gasteiger partial charge on any atom is 0.340 e. The minimum absolute atomic E-state index is 0.103. The Bertz CT molecular complexity index is 956. The molecule has 0 saturated carbocycles. The number of esters is 1. The van der Waals surface area contributed by atoms with E-state index in [4.69, 9.17) is 27.9 Å². The molecule has 8 heteroatoms. The van der Waals surface area contributed by atoms with E-state index in [2.05, 4.69) is 0 Å². The third-order valence-electron chi connectivity index (χ3n) is 4.21. The number of hydrogen-bond acceptors (Lipinski definition) is 4. The molecule has 0 radical (unpaired) electrons. The number of unbranched alkanes of at least 4 members (excludes halogenated alkanes) is 1. The Balaban J connectivity index is 2.00. The van der Waals surface area contributed by atoms with Crippen LogP contribution in [0, 0.1) is 0 Å². The van der Waals surface area contributed by atoms with Crippen LogP contribution >= 0.6 is 23.2 Å². The van der Waals surface area contributed by atoms with Crippen LogP contribution < -0.4 is 9.80 Å². The molecule has 1 saturated heterocycles. The Morgan fingerprint density at radius 1 is 0.931 bits per heavy atom. The van der Waals surface area contributed by atoms with E-state index < -0.39 is 17.9 Å². The number of anilines is 2. The standard InChI is InChI=1S/C21H18Cl2N2O4/c1-2-3-12-29-19(26)13-18-20(27)25(17-10-6-15(23)7-11-17)21(28)24(18)16-8-4-14(22)5-9-16/h4-11,13H,2-3,12H2,1H3. The number of nitrogens with zero attached hydrogens (tertiary/aromatic N) is 2. The zero-order chi connectivity index (χ0) is 21.0. The largest absolute Gasteiger partial charge is 0.462 e. The Kier molecular flexibility index (Phi) is 6.56. The molecule has 1 heterocycles. The van der Waals surface area contributed by atoms with Crippen molar-refractivity contribution in [2.75, 3.05) is 16.4 Å². The number of halogens is 2. The predicted octanol–water partition coefficient (Wildman–Crippen LogP) is 5.19. The first-order chi connectivity index (χ1) is 13.9. The zero-order valence-corrected chi connectivity index (χ0v) is 17.1. The second-order valence-electron chi connectivity index (χ2n) is 6.26. The van der Waals surface area contributed by atoms with Crippen LogP contribution in [0.2, 0.25) is 10.0 Å². The normalized spacial score (nSPS) is 15.3. The molecule has 3 rings (SSSR count). The Morgan fingerprint density at radius 2 is 1.45 bits per heavy atom. The van der Waals surface area contributed by atoms with Gasteiger partial charge in [-0.05, 0) is 55.0 Å². The fraction of sp³-hybridized carbons (Fsp3) is 0.190. The van der Waals surface area contributed by atoms with E-state index in [9.17, 15) is 14.4 Å². The zero-order valence-electron chi connectivity index (χ0n) is 15.6. The molecule has 0 aliphatic carbocycles. The van der Waals surface area contributed by atoms with E-state index in [1.54, 1.807) is 48.5 Å². The minimum Gasteiger partial charge on any atom is -0.462 e. The van der Waals surface area contributed by atoms with Crippen LogP contribution in [0.4, 0.5) is 16.2 Å². The van der Waals surface area contributed by atoms with Gasteiger partial charge in [0.05, 0.1) is 24.1 Å². The smallest absolute Gasteiger partial charge is 0.340 e. The number of hydrogen-bond donors (Lipinski definition) is 0. The van der Waals surface area contributed by atoms with Gasteiger partial charge < -0.3 is 4.74 Å². The van der Waals surface area contributed by atoms with Gasteiger partial charge in [-0.25, -0.2) is 14.5 Å². The first kappa shape index (κ1) is 20.9. The summed E-state index contributed by atoms with van der Waals surface area (Å²) in [5, 5.41) is 0.948. The van der Waals surface area contributed by atoms with Gasteiger partial charge in [0.2, 0.25) is 0 Å².